The third-order valence-electron chi connectivity index (χ3n) is 2.84. The lowest BCUT2D eigenvalue weighted by atomic mass is 9.93. The van der Waals surface area contributed by atoms with Crippen molar-refractivity contribution in [1.29, 1.82) is 0 Å². The molecule has 0 heterocycles. The monoisotopic (exact) mass is 328 g/mol. The van der Waals surface area contributed by atoms with E-state index in [0.717, 1.165) is 10.2 Å². The molecule has 0 fully saturated rings. The van der Waals surface area contributed by atoms with E-state index in [9.17, 15) is 0 Å². The van der Waals surface area contributed by atoms with E-state index in [1.165, 1.54) is 0 Å². The highest BCUT2D eigenvalue weighted by atomic mass is 79.9. The van der Waals surface area contributed by atoms with Crippen LogP contribution in [0.1, 0.15) is 27.7 Å². The van der Waals surface area contributed by atoms with Gasteiger partial charge in [0.05, 0.1) is 0 Å². The van der Waals surface area contributed by atoms with E-state index in [1.807, 2.05) is 24.3 Å². The summed E-state index contributed by atoms with van der Waals surface area (Å²) in [7, 11) is 0. The summed E-state index contributed by atoms with van der Waals surface area (Å²) in [5.41, 5.74) is 1.00. The van der Waals surface area contributed by atoms with Gasteiger partial charge in [-0.3, -0.25) is 0 Å². The Kier molecular flexibility index (Phi) is 6.09. The van der Waals surface area contributed by atoms with Crippen LogP contribution in [0.2, 0.25) is 0 Å². The van der Waals surface area contributed by atoms with E-state index in [4.69, 9.17) is 12.2 Å². The number of thiocarbonyl (C=S) groups is 1. The van der Waals surface area contributed by atoms with Crippen LogP contribution in [0.4, 0.5) is 5.69 Å². The van der Waals surface area contributed by atoms with E-state index >= 15 is 0 Å². The highest BCUT2D eigenvalue weighted by Gasteiger charge is 2.17. The van der Waals surface area contributed by atoms with E-state index in [2.05, 4.69) is 54.3 Å². The zero-order valence-corrected chi connectivity index (χ0v) is 13.7. The van der Waals surface area contributed by atoms with Gasteiger partial charge in [0.25, 0.3) is 0 Å². The van der Waals surface area contributed by atoms with Crippen LogP contribution in [0, 0.1) is 11.8 Å². The number of hydrogen-bond acceptors (Lipinski definition) is 1. The van der Waals surface area contributed by atoms with Crippen molar-refractivity contribution in [2.45, 2.75) is 33.7 Å². The van der Waals surface area contributed by atoms with Gasteiger partial charge in [-0.05, 0) is 48.3 Å². The molecule has 2 N–H and O–H groups in total. The van der Waals surface area contributed by atoms with Crippen molar-refractivity contribution in [1.82, 2.24) is 5.32 Å². The molecule has 0 bridgehead atoms. The number of halogens is 1. The topological polar surface area (TPSA) is 24.1 Å². The molecule has 0 amide bonds. The molecule has 1 rings (SSSR count). The zero-order chi connectivity index (χ0) is 13.7. The highest BCUT2D eigenvalue weighted by Crippen LogP contribution is 2.15. The van der Waals surface area contributed by atoms with Crippen molar-refractivity contribution in [3.05, 3.63) is 28.7 Å². The maximum atomic E-state index is 5.35. The molecule has 4 heteroatoms. The molecule has 0 atom stereocenters. The van der Waals surface area contributed by atoms with Crippen LogP contribution >= 0.6 is 28.1 Å². The summed E-state index contributed by atoms with van der Waals surface area (Å²) < 4.78 is 1.06. The first kappa shape index (κ1) is 15.4. The fourth-order valence-corrected chi connectivity index (χ4v) is 2.47. The molecular weight excluding hydrogens is 308 g/mol. The summed E-state index contributed by atoms with van der Waals surface area (Å²) in [5, 5.41) is 7.28. The Morgan fingerprint density at radius 3 is 2.00 bits per heavy atom. The first-order valence-electron chi connectivity index (χ1n) is 6.23. The molecule has 0 saturated carbocycles. The Balaban J connectivity index is 2.58. The van der Waals surface area contributed by atoms with Crippen LogP contribution in [-0.4, -0.2) is 11.2 Å². The number of rotatable bonds is 4. The molecule has 0 aliphatic heterocycles. The number of benzene rings is 1. The Morgan fingerprint density at radius 2 is 1.56 bits per heavy atom. The lowest BCUT2D eigenvalue weighted by Crippen LogP contribution is -2.44. The average molecular weight is 329 g/mol. The van der Waals surface area contributed by atoms with Crippen LogP contribution in [-0.2, 0) is 0 Å². The van der Waals surface area contributed by atoms with Crippen LogP contribution in [0.3, 0.4) is 0 Å². The molecule has 0 aliphatic carbocycles. The van der Waals surface area contributed by atoms with Gasteiger partial charge in [0.15, 0.2) is 5.11 Å². The third-order valence-corrected chi connectivity index (χ3v) is 3.58. The summed E-state index contributed by atoms with van der Waals surface area (Å²) in [6, 6.07) is 8.37. The van der Waals surface area contributed by atoms with Crippen molar-refractivity contribution in [3.63, 3.8) is 0 Å². The lowest BCUT2D eigenvalue weighted by Gasteiger charge is -2.27. The van der Waals surface area contributed by atoms with Gasteiger partial charge in [-0.15, -0.1) is 0 Å². The predicted octanol–water partition coefficient (Wildman–Crippen LogP) is 4.42. The van der Waals surface area contributed by atoms with E-state index in [1.54, 1.807) is 0 Å². The van der Waals surface area contributed by atoms with Gasteiger partial charge < -0.3 is 10.6 Å². The van der Waals surface area contributed by atoms with Crippen LogP contribution in [0.5, 0.6) is 0 Å². The Hall–Kier alpha value is -0.610. The van der Waals surface area contributed by atoms with Crippen LogP contribution in [0.25, 0.3) is 0 Å². The van der Waals surface area contributed by atoms with Gasteiger partial charge in [0.1, 0.15) is 0 Å². The molecule has 18 heavy (non-hydrogen) atoms. The normalized spacial score (nSPS) is 11.1. The van der Waals surface area contributed by atoms with Gasteiger partial charge in [0, 0.05) is 16.2 Å². The molecule has 0 saturated heterocycles. The van der Waals surface area contributed by atoms with Crippen molar-refractivity contribution in [2.75, 3.05) is 5.32 Å². The maximum Gasteiger partial charge on any atom is 0.171 e. The minimum absolute atomic E-state index is 0.389. The molecule has 100 valence electrons. The van der Waals surface area contributed by atoms with Gasteiger partial charge in [0.2, 0.25) is 0 Å². The number of anilines is 1. The van der Waals surface area contributed by atoms with Crippen molar-refractivity contribution in [2.24, 2.45) is 11.8 Å². The number of hydrogen-bond donors (Lipinski definition) is 2. The first-order valence-corrected chi connectivity index (χ1v) is 7.43. The van der Waals surface area contributed by atoms with E-state index in [-0.39, 0.29) is 0 Å². The molecule has 1 aromatic rings. The Labute approximate surface area is 124 Å². The second-order valence-electron chi connectivity index (χ2n) is 5.12. The van der Waals surface area contributed by atoms with Gasteiger partial charge in [-0.25, -0.2) is 0 Å². The molecular formula is C14H21BrN2S. The SMILES string of the molecule is CC(C)C(NC(=S)Nc1ccc(Br)cc1)C(C)C. The molecule has 0 unspecified atom stereocenters. The van der Waals surface area contributed by atoms with Crippen molar-refractivity contribution >= 4 is 38.9 Å². The summed E-state index contributed by atoms with van der Waals surface area (Å²) in [5.74, 6) is 1.10. The predicted molar refractivity (Wildman–Crippen MR) is 87.0 cm³/mol. The fraction of sp³-hybridized carbons (Fsp3) is 0.500. The van der Waals surface area contributed by atoms with E-state index < -0.39 is 0 Å². The summed E-state index contributed by atoms with van der Waals surface area (Å²) in [6.07, 6.45) is 0. The summed E-state index contributed by atoms with van der Waals surface area (Å²) >= 11 is 8.76. The molecule has 0 aromatic heterocycles. The molecule has 1 aromatic carbocycles. The van der Waals surface area contributed by atoms with Crippen molar-refractivity contribution < 1.29 is 0 Å². The lowest BCUT2D eigenvalue weighted by molar-refractivity contribution is 0.356. The average Bonchev–Trinajstić information content (AvgIpc) is 2.28. The Morgan fingerprint density at radius 1 is 1.06 bits per heavy atom. The Bertz CT molecular complexity index is 379. The molecule has 2 nitrogen and oxygen atoms in total. The second kappa shape index (κ2) is 7.10. The third kappa shape index (κ3) is 4.94. The number of nitrogens with one attached hydrogen (secondary N) is 2. The molecule has 0 spiro atoms. The summed E-state index contributed by atoms with van der Waals surface area (Å²) in [4.78, 5) is 0. The second-order valence-corrected chi connectivity index (χ2v) is 6.44. The minimum atomic E-state index is 0.389. The van der Waals surface area contributed by atoms with Gasteiger partial charge >= 0.3 is 0 Å². The maximum absolute atomic E-state index is 5.35. The standard InChI is InChI=1S/C14H21BrN2S/c1-9(2)13(10(3)4)17-14(18)16-12-7-5-11(15)6-8-12/h5-10,13H,1-4H3,(H2,16,17,18). The van der Waals surface area contributed by atoms with Gasteiger partial charge in [-0.1, -0.05) is 43.6 Å². The first-order chi connectivity index (χ1) is 8.40. The smallest absolute Gasteiger partial charge is 0.171 e. The molecule has 0 radical (unpaired) electrons. The zero-order valence-electron chi connectivity index (χ0n) is 11.3. The fourth-order valence-electron chi connectivity index (χ4n) is 1.95. The van der Waals surface area contributed by atoms with Crippen LogP contribution < -0.4 is 10.6 Å². The van der Waals surface area contributed by atoms with Gasteiger partial charge in [-0.2, -0.15) is 0 Å². The molecule has 0 aliphatic rings. The largest absolute Gasteiger partial charge is 0.359 e. The minimum Gasteiger partial charge on any atom is -0.359 e. The van der Waals surface area contributed by atoms with Crippen molar-refractivity contribution in [3.8, 4) is 0 Å². The summed E-state index contributed by atoms with van der Waals surface area (Å²) in [6.45, 7) is 8.83. The van der Waals surface area contributed by atoms with Crippen LogP contribution in [0.15, 0.2) is 28.7 Å². The quantitative estimate of drug-likeness (QED) is 0.800. The van der Waals surface area contributed by atoms with E-state index in [0.29, 0.717) is 23.0 Å². The highest BCUT2D eigenvalue weighted by molar-refractivity contribution is 9.10.